The summed E-state index contributed by atoms with van der Waals surface area (Å²) in [7, 11) is -3.32. The number of sulfonamides is 1. The first kappa shape index (κ1) is 19.8. The van der Waals surface area contributed by atoms with Gasteiger partial charge in [-0.2, -0.15) is 0 Å². The van der Waals surface area contributed by atoms with E-state index in [1.807, 2.05) is 32.0 Å². The largest absolute Gasteiger partial charge is 0.491 e. The van der Waals surface area contributed by atoms with Gasteiger partial charge in [-0.25, -0.2) is 8.42 Å². The molecule has 0 saturated carbocycles. The molecular weight excluding hydrogens is 352 g/mol. The average molecular weight is 376 g/mol. The van der Waals surface area contributed by atoms with Crippen molar-refractivity contribution in [3.63, 3.8) is 0 Å². The summed E-state index contributed by atoms with van der Waals surface area (Å²) in [5.41, 5.74) is 3.13. The molecule has 0 heterocycles. The third-order valence-corrected chi connectivity index (χ3v) is 5.31. The highest BCUT2D eigenvalue weighted by atomic mass is 32.2. The number of aryl methyl sites for hydroxylation is 1. The van der Waals surface area contributed by atoms with Gasteiger partial charge < -0.3 is 10.1 Å². The van der Waals surface area contributed by atoms with Crippen LogP contribution in [0.1, 0.15) is 28.4 Å². The lowest BCUT2D eigenvalue weighted by atomic mass is 10.1. The number of ether oxygens (including phenoxy) is 1. The van der Waals surface area contributed by atoms with E-state index in [0.717, 1.165) is 16.9 Å². The van der Waals surface area contributed by atoms with E-state index in [-0.39, 0.29) is 11.7 Å². The van der Waals surface area contributed by atoms with Crippen molar-refractivity contribution >= 4 is 21.6 Å². The van der Waals surface area contributed by atoms with Gasteiger partial charge in [0.05, 0.1) is 12.3 Å². The fraction of sp³-hybridized carbons (Fsp3) is 0.316. The summed E-state index contributed by atoms with van der Waals surface area (Å²) in [6.45, 7) is 6.32. The minimum Gasteiger partial charge on any atom is -0.491 e. The third kappa shape index (κ3) is 5.49. The van der Waals surface area contributed by atoms with Crippen molar-refractivity contribution < 1.29 is 17.9 Å². The van der Waals surface area contributed by atoms with Gasteiger partial charge in [-0.3, -0.25) is 9.52 Å². The van der Waals surface area contributed by atoms with Crippen molar-refractivity contribution in [2.24, 2.45) is 0 Å². The first-order chi connectivity index (χ1) is 12.3. The lowest BCUT2D eigenvalue weighted by molar-refractivity contribution is 0.0947. The van der Waals surface area contributed by atoms with E-state index in [9.17, 15) is 13.2 Å². The Balaban J connectivity index is 1.83. The van der Waals surface area contributed by atoms with E-state index in [4.69, 9.17) is 4.74 Å². The van der Waals surface area contributed by atoms with Crippen LogP contribution in [0.25, 0.3) is 0 Å². The van der Waals surface area contributed by atoms with Crippen LogP contribution in [0.2, 0.25) is 0 Å². The molecule has 0 spiro atoms. The second kappa shape index (κ2) is 8.71. The van der Waals surface area contributed by atoms with Crippen LogP contribution in [0, 0.1) is 13.8 Å². The molecule has 7 heteroatoms. The summed E-state index contributed by atoms with van der Waals surface area (Å²) < 4.78 is 31.2. The maximum absolute atomic E-state index is 12.1. The van der Waals surface area contributed by atoms with Gasteiger partial charge in [0.25, 0.3) is 5.91 Å². The van der Waals surface area contributed by atoms with E-state index in [2.05, 4.69) is 10.0 Å². The quantitative estimate of drug-likeness (QED) is 0.694. The molecule has 0 radical (unpaired) electrons. The number of rotatable bonds is 8. The van der Waals surface area contributed by atoms with Gasteiger partial charge in [-0.05, 0) is 62.2 Å². The second-order valence-corrected chi connectivity index (χ2v) is 7.90. The maximum atomic E-state index is 12.1. The molecule has 0 aliphatic carbocycles. The molecule has 1 amide bonds. The predicted octanol–water partition coefficient (Wildman–Crippen LogP) is 2.87. The highest BCUT2D eigenvalue weighted by Gasteiger charge is 2.09. The number of carbonyl (C=O) groups is 1. The molecule has 140 valence electrons. The SMILES string of the molecule is CCS(=O)(=O)Nc1ccc(C(=O)NCCOc2cccc(C)c2C)cc1. The summed E-state index contributed by atoms with van der Waals surface area (Å²) in [5.74, 6) is 0.571. The Bertz CT molecular complexity index is 862. The van der Waals surface area contributed by atoms with Crippen molar-refractivity contribution in [2.75, 3.05) is 23.6 Å². The summed E-state index contributed by atoms with van der Waals surface area (Å²) >= 11 is 0. The normalized spacial score (nSPS) is 11.0. The van der Waals surface area contributed by atoms with Crippen molar-refractivity contribution in [1.29, 1.82) is 0 Å². The van der Waals surface area contributed by atoms with Crippen molar-refractivity contribution in [2.45, 2.75) is 20.8 Å². The molecular formula is C19H24N2O4S. The van der Waals surface area contributed by atoms with E-state index in [1.165, 1.54) is 0 Å². The lowest BCUT2D eigenvalue weighted by Gasteiger charge is -2.11. The van der Waals surface area contributed by atoms with E-state index >= 15 is 0 Å². The smallest absolute Gasteiger partial charge is 0.251 e. The predicted molar refractivity (Wildman–Crippen MR) is 103 cm³/mol. The van der Waals surface area contributed by atoms with Crippen LogP contribution in [0.4, 0.5) is 5.69 Å². The lowest BCUT2D eigenvalue weighted by Crippen LogP contribution is -2.28. The Morgan fingerprint density at radius 3 is 2.42 bits per heavy atom. The topological polar surface area (TPSA) is 84.5 Å². The van der Waals surface area contributed by atoms with Crippen molar-refractivity contribution in [3.8, 4) is 5.75 Å². The standard InChI is InChI=1S/C19H24N2O4S/c1-4-26(23,24)21-17-10-8-16(9-11-17)19(22)20-12-13-25-18-7-5-6-14(2)15(18)3/h5-11,21H,4,12-13H2,1-3H3,(H,20,22). The molecule has 0 aromatic heterocycles. The number of hydrogen-bond acceptors (Lipinski definition) is 4. The molecule has 0 saturated heterocycles. The summed E-state index contributed by atoms with van der Waals surface area (Å²) in [6.07, 6.45) is 0. The van der Waals surface area contributed by atoms with Gasteiger partial charge in [-0.15, -0.1) is 0 Å². The summed E-state index contributed by atoms with van der Waals surface area (Å²) in [6, 6.07) is 12.1. The molecule has 2 aromatic carbocycles. The van der Waals surface area contributed by atoms with E-state index in [1.54, 1.807) is 31.2 Å². The molecule has 2 N–H and O–H groups in total. The zero-order valence-corrected chi connectivity index (χ0v) is 16.0. The molecule has 0 bridgehead atoms. The number of nitrogens with one attached hydrogen (secondary N) is 2. The molecule has 6 nitrogen and oxygen atoms in total. The van der Waals surface area contributed by atoms with Gasteiger partial charge >= 0.3 is 0 Å². The Morgan fingerprint density at radius 2 is 1.77 bits per heavy atom. The monoisotopic (exact) mass is 376 g/mol. The summed E-state index contributed by atoms with van der Waals surface area (Å²) in [4.78, 5) is 12.1. The van der Waals surface area contributed by atoms with Crippen LogP contribution in [0.3, 0.4) is 0 Å². The Labute approximate surface area is 154 Å². The highest BCUT2D eigenvalue weighted by Crippen LogP contribution is 2.20. The molecule has 0 aliphatic heterocycles. The zero-order valence-electron chi connectivity index (χ0n) is 15.2. The number of benzene rings is 2. The Kier molecular flexibility index (Phi) is 6.63. The summed E-state index contributed by atoms with van der Waals surface area (Å²) in [5, 5.41) is 2.78. The Hall–Kier alpha value is -2.54. The molecule has 0 unspecified atom stereocenters. The minimum atomic E-state index is -3.32. The minimum absolute atomic E-state index is 0.00431. The molecule has 0 fully saturated rings. The average Bonchev–Trinajstić information content (AvgIpc) is 2.62. The van der Waals surface area contributed by atoms with Gasteiger partial charge in [0.2, 0.25) is 10.0 Å². The van der Waals surface area contributed by atoms with E-state index in [0.29, 0.717) is 24.4 Å². The number of anilines is 1. The Morgan fingerprint density at radius 1 is 1.08 bits per heavy atom. The number of hydrogen-bond donors (Lipinski definition) is 2. The van der Waals surface area contributed by atoms with Crippen LogP contribution in [-0.4, -0.2) is 33.2 Å². The van der Waals surface area contributed by atoms with Gasteiger partial charge in [-0.1, -0.05) is 12.1 Å². The fourth-order valence-electron chi connectivity index (χ4n) is 2.25. The third-order valence-electron chi connectivity index (χ3n) is 4.00. The van der Waals surface area contributed by atoms with Crippen LogP contribution >= 0.6 is 0 Å². The molecule has 2 rings (SSSR count). The number of amides is 1. The van der Waals surface area contributed by atoms with Gasteiger partial charge in [0.1, 0.15) is 12.4 Å². The van der Waals surface area contributed by atoms with Crippen LogP contribution in [0.5, 0.6) is 5.75 Å². The molecule has 26 heavy (non-hydrogen) atoms. The van der Waals surface area contributed by atoms with E-state index < -0.39 is 10.0 Å². The maximum Gasteiger partial charge on any atom is 0.251 e. The highest BCUT2D eigenvalue weighted by molar-refractivity contribution is 7.92. The van der Waals surface area contributed by atoms with Gasteiger partial charge in [0.15, 0.2) is 0 Å². The number of carbonyl (C=O) groups excluding carboxylic acids is 1. The van der Waals surface area contributed by atoms with Crippen LogP contribution in [-0.2, 0) is 10.0 Å². The first-order valence-corrected chi connectivity index (χ1v) is 10.1. The molecule has 0 atom stereocenters. The van der Waals surface area contributed by atoms with Crippen LogP contribution < -0.4 is 14.8 Å². The molecule has 2 aromatic rings. The van der Waals surface area contributed by atoms with Gasteiger partial charge in [0, 0.05) is 11.3 Å². The fourth-order valence-corrected chi connectivity index (χ4v) is 2.89. The second-order valence-electron chi connectivity index (χ2n) is 5.89. The van der Waals surface area contributed by atoms with Crippen LogP contribution in [0.15, 0.2) is 42.5 Å². The zero-order chi connectivity index (χ0) is 19.2. The van der Waals surface area contributed by atoms with Crippen molar-refractivity contribution in [3.05, 3.63) is 59.2 Å². The first-order valence-electron chi connectivity index (χ1n) is 8.40. The van der Waals surface area contributed by atoms with Crippen molar-refractivity contribution in [1.82, 2.24) is 5.32 Å². The molecule has 0 aliphatic rings.